The number of nitrogens with zero attached hydrogens (tertiary/aromatic N) is 2. The third-order valence-corrected chi connectivity index (χ3v) is 5.95. The molecule has 4 aromatic carbocycles. The standard InChI is InChI=1S/C28H19Cl2N3O/c29-22-13-16-25(24(30)17-22)31-28(34)21-11-14-23(15-12-21)33-27(20-9-5-2-6-10-20)18-26(32-33)19-7-3-1-4-8-19/h1-18H,(H,31,34). The van der Waals surface area contributed by atoms with Gasteiger partial charge in [-0.25, -0.2) is 4.68 Å². The molecule has 0 saturated heterocycles. The molecule has 5 rings (SSSR count). The monoisotopic (exact) mass is 483 g/mol. The van der Waals surface area contributed by atoms with Crippen molar-refractivity contribution in [3.63, 3.8) is 0 Å². The van der Waals surface area contributed by atoms with Crippen LogP contribution >= 0.6 is 23.2 Å². The van der Waals surface area contributed by atoms with Crippen molar-refractivity contribution in [2.45, 2.75) is 0 Å². The van der Waals surface area contributed by atoms with Gasteiger partial charge in [0.05, 0.1) is 27.8 Å². The van der Waals surface area contributed by atoms with Crippen molar-refractivity contribution < 1.29 is 4.79 Å². The second-order valence-electron chi connectivity index (χ2n) is 7.68. The van der Waals surface area contributed by atoms with E-state index in [4.69, 9.17) is 28.3 Å². The lowest BCUT2D eigenvalue weighted by Crippen LogP contribution is -2.12. The number of halogens is 2. The summed E-state index contributed by atoms with van der Waals surface area (Å²) in [6, 6.07) is 34.5. The Morgan fingerprint density at radius 3 is 2.03 bits per heavy atom. The molecule has 0 aliphatic heterocycles. The van der Waals surface area contributed by atoms with Gasteiger partial charge in [0.2, 0.25) is 0 Å². The van der Waals surface area contributed by atoms with Crippen LogP contribution in [0.5, 0.6) is 0 Å². The van der Waals surface area contributed by atoms with Gasteiger partial charge in [0.25, 0.3) is 5.91 Å². The molecule has 0 fully saturated rings. The van der Waals surface area contributed by atoms with Gasteiger partial charge in [-0.3, -0.25) is 4.79 Å². The molecule has 1 N–H and O–H groups in total. The van der Waals surface area contributed by atoms with Crippen molar-refractivity contribution in [2.75, 3.05) is 5.32 Å². The van der Waals surface area contributed by atoms with E-state index >= 15 is 0 Å². The third kappa shape index (κ3) is 4.60. The lowest BCUT2D eigenvalue weighted by atomic mass is 10.1. The first-order chi connectivity index (χ1) is 16.6. The third-order valence-electron chi connectivity index (χ3n) is 5.40. The largest absolute Gasteiger partial charge is 0.321 e. The first kappa shape index (κ1) is 22.0. The molecule has 0 spiro atoms. The van der Waals surface area contributed by atoms with E-state index in [9.17, 15) is 4.79 Å². The van der Waals surface area contributed by atoms with Gasteiger partial charge in [0, 0.05) is 21.7 Å². The predicted molar refractivity (Wildman–Crippen MR) is 139 cm³/mol. The van der Waals surface area contributed by atoms with Gasteiger partial charge in [0.1, 0.15) is 0 Å². The van der Waals surface area contributed by atoms with Gasteiger partial charge in [-0.15, -0.1) is 0 Å². The van der Waals surface area contributed by atoms with Crippen LogP contribution in [0, 0.1) is 0 Å². The normalized spacial score (nSPS) is 10.8. The number of hydrogen-bond acceptors (Lipinski definition) is 2. The SMILES string of the molecule is O=C(Nc1ccc(Cl)cc1Cl)c1ccc(-n2nc(-c3ccccc3)cc2-c2ccccc2)cc1. The van der Waals surface area contributed by atoms with Crippen LogP contribution in [0.15, 0.2) is 109 Å². The van der Waals surface area contributed by atoms with Gasteiger partial charge < -0.3 is 5.32 Å². The highest BCUT2D eigenvalue weighted by atomic mass is 35.5. The maximum absolute atomic E-state index is 12.8. The molecule has 6 heteroatoms. The molecule has 0 atom stereocenters. The van der Waals surface area contributed by atoms with Crippen LogP contribution in [0.4, 0.5) is 5.69 Å². The van der Waals surface area contributed by atoms with Gasteiger partial charge in [-0.05, 0) is 48.5 Å². The maximum atomic E-state index is 12.8. The van der Waals surface area contributed by atoms with Crippen molar-refractivity contribution in [2.24, 2.45) is 0 Å². The van der Waals surface area contributed by atoms with Crippen LogP contribution in [-0.4, -0.2) is 15.7 Å². The zero-order chi connectivity index (χ0) is 23.5. The van der Waals surface area contributed by atoms with Crippen LogP contribution in [0.1, 0.15) is 10.4 Å². The van der Waals surface area contributed by atoms with E-state index < -0.39 is 0 Å². The Kier molecular flexibility index (Phi) is 6.17. The Morgan fingerprint density at radius 2 is 1.38 bits per heavy atom. The summed E-state index contributed by atoms with van der Waals surface area (Å²) in [5.41, 5.74) is 5.79. The molecule has 1 amide bonds. The second-order valence-corrected chi connectivity index (χ2v) is 8.53. The summed E-state index contributed by atoms with van der Waals surface area (Å²) >= 11 is 12.1. The minimum Gasteiger partial charge on any atom is -0.321 e. The van der Waals surface area contributed by atoms with E-state index in [0.717, 1.165) is 28.2 Å². The Labute approximate surface area is 207 Å². The first-order valence-electron chi connectivity index (χ1n) is 10.7. The Morgan fingerprint density at radius 1 is 0.735 bits per heavy atom. The fraction of sp³-hybridized carbons (Fsp3) is 0. The van der Waals surface area contributed by atoms with E-state index in [1.807, 2.05) is 65.3 Å². The lowest BCUT2D eigenvalue weighted by molar-refractivity contribution is 0.102. The Hall–Kier alpha value is -3.86. The van der Waals surface area contributed by atoms with Gasteiger partial charge in [0.15, 0.2) is 0 Å². The van der Waals surface area contributed by atoms with Crippen molar-refractivity contribution in [3.05, 3.63) is 125 Å². The van der Waals surface area contributed by atoms with Crippen LogP contribution in [0.2, 0.25) is 10.0 Å². The average molecular weight is 484 g/mol. The minimum absolute atomic E-state index is 0.260. The zero-order valence-corrected chi connectivity index (χ0v) is 19.5. The van der Waals surface area contributed by atoms with Crippen LogP contribution in [0.25, 0.3) is 28.2 Å². The fourth-order valence-corrected chi connectivity index (χ4v) is 4.14. The molecule has 0 saturated carbocycles. The van der Waals surface area contributed by atoms with Crippen molar-refractivity contribution >= 4 is 34.8 Å². The van der Waals surface area contributed by atoms with E-state index in [1.54, 1.807) is 30.3 Å². The second kappa shape index (κ2) is 9.56. The molecular weight excluding hydrogens is 465 g/mol. The summed E-state index contributed by atoms with van der Waals surface area (Å²) in [5.74, 6) is -0.260. The highest BCUT2D eigenvalue weighted by Crippen LogP contribution is 2.29. The molecule has 1 heterocycles. The number of nitrogens with one attached hydrogen (secondary N) is 1. The molecular formula is C28H19Cl2N3O. The van der Waals surface area contributed by atoms with Crippen molar-refractivity contribution in [3.8, 4) is 28.2 Å². The van der Waals surface area contributed by atoms with Crippen LogP contribution in [0.3, 0.4) is 0 Å². The van der Waals surface area contributed by atoms with Gasteiger partial charge in [-0.2, -0.15) is 5.10 Å². The Bertz CT molecular complexity index is 1450. The first-order valence-corrected chi connectivity index (χ1v) is 11.4. The smallest absolute Gasteiger partial charge is 0.255 e. The van der Waals surface area contributed by atoms with Crippen LogP contribution < -0.4 is 5.32 Å². The highest BCUT2D eigenvalue weighted by Gasteiger charge is 2.14. The number of carbonyl (C=O) groups is 1. The van der Waals surface area contributed by atoms with Crippen LogP contribution in [-0.2, 0) is 0 Å². The molecule has 0 aliphatic carbocycles. The van der Waals surface area contributed by atoms with Crippen molar-refractivity contribution in [1.29, 1.82) is 0 Å². The summed E-state index contributed by atoms with van der Waals surface area (Å²) < 4.78 is 1.90. The topological polar surface area (TPSA) is 46.9 Å². The minimum atomic E-state index is -0.260. The molecule has 4 nitrogen and oxygen atoms in total. The maximum Gasteiger partial charge on any atom is 0.255 e. The summed E-state index contributed by atoms with van der Waals surface area (Å²) in [6.45, 7) is 0. The summed E-state index contributed by atoms with van der Waals surface area (Å²) in [7, 11) is 0. The summed E-state index contributed by atoms with van der Waals surface area (Å²) in [5, 5.41) is 8.59. The van der Waals surface area contributed by atoms with E-state index in [1.165, 1.54) is 0 Å². The molecule has 1 aromatic heterocycles. The number of anilines is 1. The molecule has 5 aromatic rings. The number of aromatic nitrogens is 2. The fourth-order valence-electron chi connectivity index (χ4n) is 3.68. The zero-order valence-electron chi connectivity index (χ0n) is 18.0. The summed E-state index contributed by atoms with van der Waals surface area (Å²) in [4.78, 5) is 12.8. The van der Waals surface area contributed by atoms with Gasteiger partial charge >= 0.3 is 0 Å². The lowest BCUT2D eigenvalue weighted by Gasteiger charge is -2.10. The molecule has 0 radical (unpaired) electrons. The predicted octanol–water partition coefficient (Wildman–Crippen LogP) is 7.77. The number of hydrogen-bond donors (Lipinski definition) is 1. The number of benzene rings is 4. The Balaban J connectivity index is 1.47. The average Bonchev–Trinajstić information content (AvgIpc) is 3.32. The quantitative estimate of drug-likeness (QED) is 0.277. The number of rotatable bonds is 5. The van der Waals surface area contributed by atoms with E-state index in [2.05, 4.69) is 23.5 Å². The van der Waals surface area contributed by atoms with Gasteiger partial charge in [-0.1, -0.05) is 83.9 Å². The molecule has 34 heavy (non-hydrogen) atoms. The summed E-state index contributed by atoms with van der Waals surface area (Å²) in [6.07, 6.45) is 0. The molecule has 0 aliphatic rings. The molecule has 0 unspecified atom stereocenters. The molecule has 166 valence electrons. The van der Waals surface area contributed by atoms with Crippen molar-refractivity contribution in [1.82, 2.24) is 9.78 Å². The van der Waals surface area contributed by atoms with E-state index in [0.29, 0.717) is 21.3 Å². The number of carbonyl (C=O) groups excluding carboxylic acids is 1. The highest BCUT2D eigenvalue weighted by molar-refractivity contribution is 6.36. The van der Waals surface area contributed by atoms with E-state index in [-0.39, 0.29) is 5.91 Å². The molecule has 0 bridgehead atoms. The number of amides is 1.